The van der Waals surface area contributed by atoms with Crippen molar-refractivity contribution in [3.63, 3.8) is 0 Å². The smallest absolute Gasteiger partial charge is 0.224 e. The third-order valence-electron chi connectivity index (χ3n) is 6.88. The fourth-order valence-electron chi connectivity index (χ4n) is 5.53. The molecule has 2 heterocycles. The molecule has 0 spiro atoms. The van der Waals surface area contributed by atoms with Crippen molar-refractivity contribution in [2.45, 2.75) is 77.9 Å². The zero-order chi connectivity index (χ0) is 19.7. The molecule has 1 saturated carbocycles. The van der Waals surface area contributed by atoms with Gasteiger partial charge in [0.25, 0.3) is 0 Å². The van der Waals surface area contributed by atoms with Gasteiger partial charge in [0.1, 0.15) is 5.75 Å². The zero-order valence-corrected chi connectivity index (χ0v) is 17.7. The second kappa shape index (κ2) is 8.44. The van der Waals surface area contributed by atoms with E-state index in [-0.39, 0.29) is 18.1 Å². The molecule has 4 rings (SSSR count). The standard InChI is InChI=1S/C24H35NO3/c1-16(2)11-13-27-19-9-10-22-21(15-19)24-20(12-14-28-24)23(25(22)17(3)26)18-7-5-4-6-8-18/h9-10,15-16,18,20,23-24H,4-8,11-14H2,1-3H3/t20-,23+,24-/m0/s1. The largest absolute Gasteiger partial charge is 0.494 e. The summed E-state index contributed by atoms with van der Waals surface area (Å²) in [6.45, 7) is 7.67. The molecule has 2 fully saturated rings. The quantitative estimate of drug-likeness (QED) is 0.671. The molecule has 1 saturated heterocycles. The molecule has 4 heteroatoms. The Bertz CT molecular complexity index is 695. The molecule has 1 aromatic rings. The highest BCUT2D eigenvalue weighted by Crippen LogP contribution is 2.52. The number of fused-ring (bicyclic) bond motifs is 3. The third kappa shape index (κ3) is 3.80. The van der Waals surface area contributed by atoms with E-state index < -0.39 is 0 Å². The molecule has 0 N–H and O–H groups in total. The molecule has 1 aromatic carbocycles. The number of ether oxygens (including phenoxy) is 2. The SMILES string of the molecule is CC(=O)N1c2ccc(OCCC(C)C)cc2[C@H]2OCC[C@H]2[C@H]1C1CCCCC1. The minimum atomic E-state index is 0.103. The number of hydrogen-bond acceptors (Lipinski definition) is 3. The Morgan fingerprint density at radius 1 is 1.21 bits per heavy atom. The van der Waals surface area contributed by atoms with Crippen LogP contribution in [0, 0.1) is 17.8 Å². The number of carbonyl (C=O) groups is 1. The number of hydrogen-bond donors (Lipinski definition) is 0. The maximum atomic E-state index is 12.8. The maximum Gasteiger partial charge on any atom is 0.224 e. The van der Waals surface area contributed by atoms with Gasteiger partial charge in [-0.25, -0.2) is 0 Å². The Hall–Kier alpha value is -1.55. The first-order valence-electron chi connectivity index (χ1n) is 11.2. The van der Waals surface area contributed by atoms with Gasteiger partial charge >= 0.3 is 0 Å². The van der Waals surface area contributed by atoms with E-state index in [0.29, 0.717) is 17.8 Å². The highest BCUT2D eigenvalue weighted by Gasteiger charge is 2.48. The number of benzene rings is 1. The minimum Gasteiger partial charge on any atom is -0.494 e. The summed E-state index contributed by atoms with van der Waals surface area (Å²) in [7, 11) is 0. The van der Waals surface area contributed by atoms with Gasteiger partial charge in [-0.15, -0.1) is 0 Å². The summed E-state index contributed by atoms with van der Waals surface area (Å²) in [4.78, 5) is 14.9. The van der Waals surface area contributed by atoms with Gasteiger partial charge in [0, 0.05) is 31.1 Å². The maximum absolute atomic E-state index is 12.8. The van der Waals surface area contributed by atoms with Crippen LogP contribution in [0.3, 0.4) is 0 Å². The molecule has 1 aliphatic carbocycles. The lowest BCUT2D eigenvalue weighted by atomic mass is 9.72. The van der Waals surface area contributed by atoms with Gasteiger partial charge < -0.3 is 14.4 Å². The van der Waals surface area contributed by atoms with E-state index >= 15 is 0 Å². The van der Waals surface area contributed by atoms with Gasteiger partial charge in [0.2, 0.25) is 5.91 Å². The molecule has 3 atom stereocenters. The van der Waals surface area contributed by atoms with Crippen LogP contribution in [0.25, 0.3) is 0 Å². The average Bonchev–Trinajstić information content (AvgIpc) is 3.17. The van der Waals surface area contributed by atoms with E-state index in [2.05, 4.69) is 30.9 Å². The predicted molar refractivity (Wildman–Crippen MR) is 112 cm³/mol. The molecule has 0 aromatic heterocycles. The van der Waals surface area contributed by atoms with Gasteiger partial charge in [-0.2, -0.15) is 0 Å². The molecular formula is C24H35NO3. The van der Waals surface area contributed by atoms with E-state index in [0.717, 1.165) is 43.1 Å². The van der Waals surface area contributed by atoms with Crippen LogP contribution < -0.4 is 9.64 Å². The summed E-state index contributed by atoms with van der Waals surface area (Å²) < 4.78 is 12.2. The highest BCUT2D eigenvalue weighted by molar-refractivity contribution is 5.94. The lowest BCUT2D eigenvalue weighted by Crippen LogP contribution is -2.52. The van der Waals surface area contributed by atoms with E-state index in [9.17, 15) is 4.79 Å². The van der Waals surface area contributed by atoms with Crippen LogP contribution in [-0.4, -0.2) is 25.2 Å². The molecule has 1 amide bonds. The Morgan fingerprint density at radius 2 is 2.00 bits per heavy atom. The Kier molecular flexibility index (Phi) is 5.96. The predicted octanol–water partition coefficient (Wildman–Crippen LogP) is 5.50. The third-order valence-corrected chi connectivity index (χ3v) is 6.88. The molecule has 0 unspecified atom stereocenters. The first-order chi connectivity index (χ1) is 13.6. The van der Waals surface area contributed by atoms with Gasteiger partial charge in [0.15, 0.2) is 0 Å². The number of amides is 1. The number of carbonyl (C=O) groups excluding carboxylic acids is 1. The number of nitrogens with zero attached hydrogens (tertiary/aromatic N) is 1. The molecule has 0 bridgehead atoms. The van der Waals surface area contributed by atoms with Crippen LogP contribution in [-0.2, 0) is 9.53 Å². The summed E-state index contributed by atoms with van der Waals surface area (Å²) in [6, 6.07) is 6.54. The Balaban J connectivity index is 1.66. The highest BCUT2D eigenvalue weighted by atomic mass is 16.5. The number of rotatable bonds is 5. The summed E-state index contributed by atoms with van der Waals surface area (Å²) in [5.74, 6) is 2.70. The van der Waals surface area contributed by atoms with Crippen molar-refractivity contribution in [3.8, 4) is 5.75 Å². The second-order valence-corrected chi connectivity index (χ2v) is 9.27. The van der Waals surface area contributed by atoms with Crippen molar-refractivity contribution in [2.24, 2.45) is 17.8 Å². The van der Waals surface area contributed by atoms with Gasteiger partial charge in [-0.3, -0.25) is 4.79 Å². The number of anilines is 1. The van der Waals surface area contributed by atoms with Crippen molar-refractivity contribution in [1.29, 1.82) is 0 Å². The topological polar surface area (TPSA) is 38.8 Å². The normalized spacial score (nSPS) is 27.6. The van der Waals surface area contributed by atoms with Crippen molar-refractivity contribution < 1.29 is 14.3 Å². The Morgan fingerprint density at radius 3 is 2.71 bits per heavy atom. The van der Waals surface area contributed by atoms with Crippen LogP contribution in [0.5, 0.6) is 5.75 Å². The fraction of sp³-hybridized carbons (Fsp3) is 0.708. The zero-order valence-electron chi connectivity index (χ0n) is 17.7. The van der Waals surface area contributed by atoms with E-state index in [4.69, 9.17) is 9.47 Å². The molecular weight excluding hydrogens is 350 g/mol. The van der Waals surface area contributed by atoms with Crippen molar-refractivity contribution in [1.82, 2.24) is 0 Å². The van der Waals surface area contributed by atoms with Gasteiger partial charge in [-0.1, -0.05) is 33.1 Å². The fourth-order valence-corrected chi connectivity index (χ4v) is 5.53. The van der Waals surface area contributed by atoms with Crippen molar-refractivity contribution in [2.75, 3.05) is 18.1 Å². The molecule has 0 radical (unpaired) electrons. The molecule has 3 aliphatic rings. The lowest BCUT2D eigenvalue weighted by molar-refractivity contribution is -0.118. The monoisotopic (exact) mass is 385 g/mol. The van der Waals surface area contributed by atoms with Gasteiger partial charge in [0.05, 0.1) is 18.4 Å². The van der Waals surface area contributed by atoms with Crippen LogP contribution >= 0.6 is 0 Å². The van der Waals surface area contributed by atoms with Crippen LogP contribution in [0.1, 0.15) is 77.4 Å². The first-order valence-corrected chi connectivity index (χ1v) is 11.2. The minimum absolute atomic E-state index is 0.103. The van der Waals surface area contributed by atoms with Gasteiger partial charge in [-0.05, 0) is 55.7 Å². The molecule has 2 aliphatic heterocycles. The summed E-state index contributed by atoms with van der Waals surface area (Å²) in [5.41, 5.74) is 2.19. The first kappa shape index (κ1) is 19.8. The van der Waals surface area contributed by atoms with Crippen molar-refractivity contribution in [3.05, 3.63) is 23.8 Å². The summed E-state index contributed by atoms with van der Waals surface area (Å²) in [6.07, 6.45) is 8.60. The Labute approximate surface area is 169 Å². The van der Waals surface area contributed by atoms with Crippen LogP contribution in [0.4, 0.5) is 5.69 Å². The van der Waals surface area contributed by atoms with Crippen LogP contribution in [0.15, 0.2) is 18.2 Å². The average molecular weight is 386 g/mol. The molecule has 154 valence electrons. The molecule has 28 heavy (non-hydrogen) atoms. The lowest BCUT2D eigenvalue weighted by Gasteiger charge is -2.47. The summed E-state index contributed by atoms with van der Waals surface area (Å²) >= 11 is 0. The van der Waals surface area contributed by atoms with Crippen LogP contribution in [0.2, 0.25) is 0 Å². The summed E-state index contributed by atoms with van der Waals surface area (Å²) in [5, 5.41) is 0. The van der Waals surface area contributed by atoms with E-state index in [1.54, 1.807) is 6.92 Å². The second-order valence-electron chi connectivity index (χ2n) is 9.27. The molecule has 4 nitrogen and oxygen atoms in total. The van der Waals surface area contributed by atoms with Crippen molar-refractivity contribution >= 4 is 11.6 Å². The van der Waals surface area contributed by atoms with E-state index in [1.807, 2.05) is 6.07 Å². The van der Waals surface area contributed by atoms with E-state index in [1.165, 1.54) is 32.1 Å².